The first-order valence-electron chi connectivity index (χ1n) is 25.3. The molecule has 344 valence electrons. The van der Waals surface area contributed by atoms with Crippen LogP contribution in [0, 0.1) is 25.7 Å². The van der Waals surface area contributed by atoms with E-state index in [1.807, 2.05) is 0 Å². The molecule has 71 heavy (non-hydrogen) atoms. The summed E-state index contributed by atoms with van der Waals surface area (Å²) in [6.07, 6.45) is 1.06. The molecule has 1 aliphatic rings. The van der Waals surface area contributed by atoms with E-state index < -0.39 is 0 Å². The summed E-state index contributed by atoms with van der Waals surface area (Å²) >= 11 is 0. The maximum absolute atomic E-state index is 3.66. The fourth-order valence-electron chi connectivity index (χ4n) is 11.9. The molecule has 1 aliphatic carbocycles. The molecule has 0 N–H and O–H groups in total. The largest absolute Gasteiger partial charge is 0.0620 e. The van der Waals surface area contributed by atoms with Crippen LogP contribution in [0.25, 0.3) is 65.3 Å². The van der Waals surface area contributed by atoms with Gasteiger partial charge in [-0.15, -0.1) is 0 Å². The van der Waals surface area contributed by atoms with Gasteiger partial charge in [0.2, 0.25) is 0 Å². The lowest BCUT2D eigenvalue weighted by atomic mass is 9.70. The van der Waals surface area contributed by atoms with E-state index in [0.29, 0.717) is 5.92 Å². The fourth-order valence-corrected chi connectivity index (χ4v) is 11.9. The summed E-state index contributed by atoms with van der Waals surface area (Å²) in [6.45, 7) is 16.4. The zero-order valence-electron chi connectivity index (χ0n) is 42.1. The van der Waals surface area contributed by atoms with Crippen LogP contribution in [-0.2, 0) is 17.3 Å². The Morgan fingerprint density at radius 1 is 0.408 bits per heavy atom. The SMILES string of the molecule is Cc1cc2c(cc1C(C)(C)c1ccccc1C#Cc1ccc(-c3cccc4ccccc34)c3ccccc13)C(C)Cc1ccccc1C2(C)C.Cc1ccc(-c2cccc3ccccc23)c2ccccc12. The van der Waals surface area contributed by atoms with Crippen molar-refractivity contribution in [1.82, 2.24) is 0 Å². The highest BCUT2D eigenvalue weighted by Gasteiger charge is 2.36. The zero-order valence-corrected chi connectivity index (χ0v) is 42.1. The molecule has 0 fully saturated rings. The van der Waals surface area contributed by atoms with Gasteiger partial charge in [0.05, 0.1) is 0 Å². The number of benzene rings is 11. The highest BCUT2D eigenvalue weighted by molar-refractivity contribution is 6.08. The highest BCUT2D eigenvalue weighted by Crippen LogP contribution is 2.46. The van der Waals surface area contributed by atoms with E-state index in [1.165, 1.54) is 110 Å². The summed E-state index contributed by atoms with van der Waals surface area (Å²) in [5.74, 6) is 7.73. The number of rotatable bonds is 4. The Balaban J connectivity index is 0.000000216. The second-order valence-electron chi connectivity index (χ2n) is 20.8. The number of hydrogen-bond donors (Lipinski definition) is 0. The predicted octanol–water partition coefficient (Wildman–Crippen LogP) is 18.6. The van der Waals surface area contributed by atoms with E-state index in [9.17, 15) is 0 Å². The average Bonchev–Trinajstić information content (AvgIpc) is 3.48. The maximum Gasteiger partial charge on any atom is 0.0327 e. The van der Waals surface area contributed by atoms with Crippen molar-refractivity contribution in [2.24, 2.45) is 0 Å². The Labute approximate surface area is 420 Å². The Morgan fingerprint density at radius 3 is 1.58 bits per heavy atom. The third-order valence-corrected chi connectivity index (χ3v) is 15.6. The molecule has 0 amide bonds. The van der Waals surface area contributed by atoms with Gasteiger partial charge in [-0.1, -0.05) is 253 Å². The fraction of sp³-hybridized carbons (Fsp3) is 0.155. The summed E-state index contributed by atoms with van der Waals surface area (Å²) in [5, 5.41) is 10.2. The van der Waals surface area contributed by atoms with Crippen molar-refractivity contribution in [2.45, 2.75) is 71.6 Å². The quantitative estimate of drug-likeness (QED) is 0.154. The Bertz CT molecular complexity index is 3890. The van der Waals surface area contributed by atoms with Crippen LogP contribution in [0.4, 0.5) is 0 Å². The molecule has 11 aromatic carbocycles. The molecule has 0 aromatic heterocycles. The zero-order chi connectivity index (χ0) is 48.9. The van der Waals surface area contributed by atoms with Crippen molar-refractivity contribution in [1.29, 1.82) is 0 Å². The first-order valence-corrected chi connectivity index (χ1v) is 25.3. The van der Waals surface area contributed by atoms with Crippen molar-refractivity contribution in [3.63, 3.8) is 0 Å². The molecule has 12 rings (SSSR count). The maximum atomic E-state index is 3.66. The van der Waals surface area contributed by atoms with Crippen LogP contribution in [-0.4, -0.2) is 0 Å². The van der Waals surface area contributed by atoms with Gasteiger partial charge in [0.15, 0.2) is 0 Å². The Hall–Kier alpha value is -7.98. The number of fused-ring (bicyclic) bond motifs is 6. The van der Waals surface area contributed by atoms with E-state index in [-0.39, 0.29) is 10.8 Å². The minimum atomic E-state index is -0.242. The van der Waals surface area contributed by atoms with Gasteiger partial charge in [-0.05, 0) is 148 Å². The molecule has 0 saturated carbocycles. The van der Waals surface area contributed by atoms with Crippen LogP contribution in [0.2, 0.25) is 0 Å². The van der Waals surface area contributed by atoms with Crippen LogP contribution in [0.15, 0.2) is 218 Å². The van der Waals surface area contributed by atoms with Gasteiger partial charge in [0, 0.05) is 22.0 Å². The van der Waals surface area contributed by atoms with Gasteiger partial charge in [-0.25, -0.2) is 0 Å². The van der Waals surface area contributed by atoms with Crippen molar-refractivity contribution in [3.8, 4) is 34.1 Å². The van der Waals surface area contributed by atoms with E-state index >= 15 is 0 Å². The topological polar surface area (TPSA) is 0 Å². The molecule has 0 spiro atoms. The molecule has 0 bridgehead atoms. The van der Waals surface area contributed by atoms with Crippen molar-refractivity contribution < 1.29 is 0 Å². The van der Waals surface area contributed by atoms with E-state index in [1.54, 1.807) is 0 Å². The van der Waals surface area contributed by atoms with Gasteiger partial charge in [-0.3, -0.25) is 0 Å². The molecular weight excluding hydrogens is 853 g/mol. The monoisotopic (exact) mass is 912 g/mol. The number of hydrogen-bond acceptors (Lipinski definition) is 0. The van der Waals surface area contributed by atoms with Crippen molar-refractivity contribution in [2.75, 3.05) is 0 Å². The molecule has 0 heteroatoms. The lowest BCUT2D eigenvalue weighted by Gasteiger charge is -2.34. The third-order valence-electron chi connectivity index (χ3n) is 15.6. The molecule has 0 aliphatic heterocycles. The average molecular weight is 913 g/mol. The van der Waals surface area contributed by atoms with Crippen LogP contribution >= 0.6 is 0 Å². The Morgan fingerprint density at radius 2 is 0.901 bits per heavy atom. The van der Waals surface area contributed by atoms with E-state index in [4.69, 9.17) is 0 Å². The highest BCUT2D eigenvalue weighted by atomic mass is 14.4. The molecular formula is C71H60. The van der Waals surface area contributed by atoms with Crippen LogP contribution < -0.4 is 0 Å². The first kappa shape index (κ1) is 45.5. The normalized spacial score (nSPS) is 13.9. The second kappa shape index (κ2) is 18.4. The van der Waals surface area contributed by atoms with Crippen molar-refractivity contribution >= 4 is 43.1 Å². The lowest BCUT2D eigenvalue weighted by molar-refractivity contribution is 0.614. The molecule has 0 heterocycles. The second-order valence-corrected chi connectivity index (χ2v) is 20.8. The Kier molecular flexibility index (Phi) is 11.8. The van der Waals surface area contributed by atoms with Gasteiger partial charge >= 0.3 is 0 Å². The smallest absolute Gasteiger partial charge is 0.0327 e. The van der Waals surface area contributed by atoms with Crippen LogP contribution in [0.3, 0.4) is 0 Å². The molecule has 1 atom stereocenters. The van der Waals surface area contributed by atoms with Crippen LogP contribution in [0.1, 0.15) is 96.2 Å². The van der Waals surface area contributed by atoms with Crippen LogP contribution in [0.5, 0.6) is 0 Å². The standard InChI is InChI=1S/C50H44.C21H16/c1-33-30-38-18-9-14-25-46(38)50(5,6)48-31-34(2)47(32-44(33)48)49(3,4)45-24-13-8-17-37(45)27-26-36-28-29-43(41-22-12-11-21-40(36)41)42-23-15-19-35-16-7-10-20-39(35)42;1-15-13-14-21(19-11-5-4-9-17(15)19)20-12-6-8-16-7-2-3-10-18(16)20/h7-25,28-29,31-33H,30H2,1-6H3;2-14H,1H3. The van der Waals surface area contributed by atoms with Gasteiger partial charge in [0.1, 0.15) is 0 Å². The minimum absolute atomic E-state index is 0.0561. The summed E-state index contributed by atoms with van der Waals surface area (Å²) in [7, 11) is 0. The lowest BCUT2D eigenvalue weighted by Crippen LogP contribution is -2.25. The summed E-state index contributed by atoms with van der Waals surface area (Å²) in [6, 6.07) is 79.5. The molecule has 0 nitrogen and oxygen atoms in total. The molecule has 0 saturated heterocycles. The molecule has 0 radical (unpaired) electrons. The first-order chi connectivity index (χ1) is 34.5. The summed E-state index contributed by atoms with van der Waals surface area (Å²) < 4.78 is 0. The summed E-state index contributed by atoms with van der Waals surface area (Å²) in [5.41, 5.74) is 18.1. The molecule has 11 aromatic rings. The summed E-state index contributed by atoms with van der Waals surface area (Å²) in [4.78, 5) is 0. The van der Waals surface area contributed by atoms with E-state index in [2.05, 4.69) is 279 Å². The van der Waals surface area contributed by atoms with Gasteiger partial charge in [-0.2, -0.15) is 0 Å². The van der Waals surface area contributed by atoms with Gasteiger partial charge in [0.25, 0.3) is 0 Å². The number of aryl methyl sites for hydroxylation is 2. The molecule has 1 unspecified atom stereocenters. The third kappa shape index (κ3) is 8.20. The van der Waals surface area contributed by atoms with E-state index in [0.717, 1.165) is 17.5 Å². The van der Waals surface area contributed by atoms with Gasteiger partial charge < -0.3 is 0 Å². The van der Waals surface area contributed by atoms with Crippen molar-refractivity contribution in [3.05, 3.63) is 274 Å². The minimum Gasteiger partial charge on any atom is -0.0620 e. The predicted molar refractivity (Wildman–Crippen MR) is 305 cm³/mol.